The van der Waals surface area contributed by atoms with Gasteiger partial charge in [-0.2, -0.15) is 0 Å². The highest BCUT2D eigenvalue weighted by atomic mass is 32.2. The molecule has 0 bridgehead atoms. The average molecular weight is 175 g/mol. The van der Waals surface area contributed by atoms with Crippen molar-refractivity contribution in [1.29, 1.82) is 0 Å². The summed E-state index contributed by atoms with van der Waals surface area (Å²) in [5.41, 5.74) is 1.42. The lowest BCUT2D eigenvalue weighted by molar-refractivity contribution is 1.42. The van der Waals surface area contributed by atoms with Gasteiger partial charge in [-0.1, -0.05) is 30.3 Å². The Bertz CT molecular complexity index is 286. The third kappa shape index (κ3) is 1.80. The SMILES string of the molecule is [C]1=C[SH](Cc2ccccc2)C=C1. The van der Waals surface area contributed by atoms with Crippen LogP contribution in [0.4, 0.5) is 0 Å². The van der Waals surface area contributed by atoms with Crippen LogP contribution < -0.4 is 0 Å². The summed E-state index contributed by atoms with van der Waals surface area (Å²) in [5, 5.41) is 4.44. The summed E-state index contributed by atoms with van der Waals surface area (Å²) in [7, 11) is -0.0381. The van der Waals surface area contributed by atoms with E-state index in [1.54, 1.807) is 0 Å². The topological polar surface area (TPSA) is 0 Å². The number of allylic oxidation sites excluding steroid dienone is 2. The molecule has 1 aliphatic rings. The van der Waals surface area contributed by atoms with Crippen molar-refractivity contribution in [1.82, 2.24) is 0 Å². The lowest BCUT2D eigenvalue weighted by atomic mass is 10.2. The molecule has 1 aromatic carbocycles. The second-order valence-corrected chi connectivity index (χ2v) is 4.67. The van der Waals surface area contributed by atoms with Crippen molar-refractivity contribution in [3.63, 3.8) is 0 Å². The monoisotopic (exact) mass is 175 g/mol. The minimum atomic E-state index is -0.0381. The van der Waals surface area contributed by atoms with Gasteiger partial charge in [0, 0.05) is 5.75 Å². The van der Waals surface area contributed by atoms with E-state index in [4.69, 9.17) is 0 Å². The van der Waals surface area contributed by atoms with Gasteiger partial charge in [-0.15, -0.1) is 0 Å². The highest BCUT2D eigenvalue weighted by Crippen LogP contribution is 2.35. The van der Waals surface area contributed by atoms with E-state index in [2.05, 4.69) is 47.2 Å². The summed E-state index contributed by atoms with van der Waals surface area (Å²) in [6, 6.07) is 10.6. The van der Waals surface area contributed by atoms with Crippen LogP contribution in [0.3, 0.4) is 0 Å². The summed E-state index contributed by atoms with van der Waals surface area (Å²) in [6.45, 7) is 0. The maximum absolute atomic E-state index is 3.12. The van der Waals surface area contributed by atoms with Gasteiger partial charge in [-0.25, -0.2) is 10.9 Å². The van der Waals surface area contributed by atoms with Gasteiger partial charge in [-0.05, 0) is 28.5 Å². The van der Waals surface area contributed by atoms with E-state index in [9.17, 15) is 0 Å². The van der Waals surface area contributed by atoms with Crippen molar-refractivity contribution in [3.05, 3.63) is 58.9 Å². The Morgan fingerprint density at radius 1 is 1.17 bits per heavy atom. The molecule has 0 aliphatic carbocycles. The van der Waals surface area contributed by atoms with Crippen molar-refractivity contribution in [2.75, 3.05) is 0 Å². The fraction of sp³-hybridized carbons (Fsp3) is 0.0909. The van der Waals surface area contributed by atoms with Gasteiger partial charge < -0.3 is 0 Å². The highest BCUT2D eigenvalue weighted by molar-refractivity contribution is 8.21. The molecule has 1 heteroatoms. The maximum atomic E-state index is 3.12. The first kappa shape index (κ1) is 7.69. The molecule has 0 amide bonds. The normalized spacial score (nSPS) is 17.2. The summed E-state index contributed by atoms with van der Waals surface area (Å²) < 4.78 is 0. The molecule has 12 heavy (non-hydrogen) atoms. The molecule has 0 N–H and O–H groups in total. The van der Waals surface area contributed by atoms with Gasteiger partial charge in [0.05, 0.1) is 0 Å². The van der Waals surface area contributed by atoms with Gasteiger partial charge in [-0.3, -0.25) is 0 Å². The van der Waals surface area contributed by atoms with Crippen LogP contribution in [0.15, 0.2) is 47.2 Å². The lowest BCUT2D eigenvalue weighted by Gasteiger charge is -2.08. The Balaban J connectivity index is 2.04. The average Bonchev–Trinajstić information content (AvgIpc) is 2.59. The minimum Gasteiger partial charge on any atom is -0.208 e. The van der Waals surface area contributed by atoms with E-state index in [1.165, 1.54) is 11.3 Å². The molecule has 0 fully saturated rings. The summed E-state index contributed by atoms with van der Waals surface area (Å²) >= 11 is 0. The fourth-order valence-corrected chi connectivity index (χ4v) is 2.68. The Hall–Kier alpha value is -0.950. The van der Waals surface area contributed by atoms with Crippen LogP contribution in [0.5, 0.6) is 0 Å². The van der Waals surface area contributed by atoms with Crippen molar-refractivity contribution < 1.29 is 0 Å². The van der Waals surface area contributed by atoms with Crippen LogP contribution >= 0.6 is 10.9 Å². The van der Waals surface area contributed by atoms with Crippen LogP contribution in [0.1, 0.15) is 5.56 Å². The quantitative estimate of drug-likeness (QED) is 0.656. The van der Waals surface area contributed by atoms with Gasteiger partial charge in [0.2, 0.25) is 0 Å². The molecule has 0 nitrogen and oxygen atoms in total. The zero-order valence-corrected chi connectivity index (χ0v) is 7.67. The predicted octanol–water partition coefficient (Wildman–Crippen LogP) is 3.03. The van der Waals surface area contributed by atoms with Crippen LogP contribution in [0.2, 0.25) is 0 Å². The number of thiol groups is 1. The molecule has 1 atom stereocenters. The number of hydrogen-bond acceptors (Lipinski definition) is 0. The molecule has 2 rings (SSSR count). The van der Waals surface area contributed by atoms with E-state index < -0.39 is 0 Å². The van der Waals surface area contributed by atoms with E-state index in [0.29, 0.717) is 0 Å². The Morgan fingerprint density at radius 2 is 2.00 bits per heavy atom. The molecule has 1 aromatic rings. The third-order valence-electron chi connectivity index (χ3n) is 1.81. The Morgan fingerprint density at radius 3 is 2.67 bits per heavy atom. The molecule has 0 saturated carbocycles. The highest BCUT2D eigenvalue weighted by Gasteiger charge is 1.99. The zero-order valence-electron chi connectivity index (χ0n) is 6.77. The standard InChI is InChI=1S/C11H11S/c1-2-6-11(7-3-1)10-12-8-4-5-9-12/h1-4,6-9,12H,10H2. The lowest BCUT2D eigenvalue weighted by Crippen LogP contribution is -1.80. The Kier molecular flexibility index (Phi) is 2.33. The first-order chi connectivity index (χ1) is 5.95. The molecule has 61 valence electrons. The van der Waals surface area contributed by atoms with Crippen molar-refractivity contribution >= 4 is 10.9 Å². The predicted molar refractivity (Wildman–Crippen MR) is 56.1 cm³/mol. The summed E-state index contributed by atoms with van der Waals surface area (Å²) in [4.78, 5) is 0. The van der Waals surface area contributed by atoms with Crippen LogP contribution in [0.25, 0.3) is 0 Å². The molecule has 0 aromatic heterocycles. The molecule has 1 unspecified atom stereocenters. The number of hydrogen-bond donors (Lipinski definition) is 1. The number of benzene rings is 1. The summed E-state index contributed by atoms with van der Waals surface area (Å²) in [5.74, 6) is 1.17. The maximum Gasteiger partial charge on any atom is 0.00671 e. The van der Waals surface area contributed by atoms with E-state index in [-0.39, 0.29) is 10.9 Å². The number of rotatable bonds is 2. The van der Waals surface area contributed by atoms with Gasteiger partial charge in [0.1, 0.15) is 0 Å². The molecule has 1 heterocycles. The van der Waals surface area contributed by atoms with Crippen molar-refractivity contribution in [2.45, 2.75) is 5.75 Å². The van der Waals surface area contributed by atoms with Gasteiger partial charge in [0.25, 0.3) is 0 Å². The van der Waals surface area contributed by atoms with E-state index in [1.807, 2.05) is 6.08 Å². The molecule has 1 aliphatic heterocycles. The summed E-state index contributed by atoms with van der Waals surface area (Å²) in [6.07, 6.45) is 5.14. The van der Waals surface area contributed by atoms with Gasteiger partial charge >= 0.3 is 0 Å². The first-order valence-corrected chi connectivity index (χ1v) is 5.67. The Labute approximate surface area is 76.0 Å². The minimum absolute atomic E-state index is 0.0381. The van der Waals surface area contributed by atoms with Crippen LogP contribution in [-0.2, 0) is 5.75 Å². The van der Waals surface area contributed by atoms with Crippen molar-refractivity contribution in [3.8, 4) is 0 Å². The molecule has 1 radical (unpaired) electrons. The third-order valence-corrected chi connectivity index (χ3v) is 3.55. The van der Waals surface area contributed by atoms with E-state index in [0.717, 1.165) is 0 Å². The second-order valence-electron chi connectivity index (χ2n) is 2.77. The van der Waals surface area contributed by atoms with Gasteiger partial charge in [0.15, 0.2) is 0 Å². The van der Waals surface area contributed by atoms with E-state index >= 15 is 0 Å². The van der Waals surface area contributed by atoms with Crippen LogP contribution in [-0.4, -0.2) is 0 Å². The van der Waals surface area contributed by atoms with Crippen LogP contribution in [0, 0.1) is 6.08 Å². The molecular weight excluding hydrogens is 164 g/mol. The molecular formula is C11H11S. The second kappa shape index (κ2) is 3.63. The first-order valence-electron chi connectivity index (χ1n) is 4.01. The largest absolute Gasteiger partial charge is 0.208 e. The zero-order chi connectivity index (χ0) is 8.23. The fourth-order valence-electron chi connectivity index (χ4n) is 1.21. The smallest absolute Gasteiger partial charge is 0.00671 e. The van der Waals surface area contributed by atoms with Crippen molar-refractivity contribution in [2.24, 2.45) is 0 Å². The molecule has 0 spiro atoms. The molecule has 0 saturated heterocycles.